The van der Waals surface area contributed by atoms with Crippen molar-refractivity contribution in [2.45, 2.75) is 13.3 Å². The predicted molar refractivity (Wildman–Crippen MR) is 87.6 cm³/mol. The Morgan fingerprint density at radius 1 is 1.43 bits per heavy atom. The number of hydrogen-bond acceptors (Lipinski definition) is 4. The van der Waals surface area contributed by atoms with E-state index in [1.807, 2.05) is 36.6 Å². The second kappa shape index (κ2) is 9.28. The summed E-state index contributed by atoms with van der Waals surface area (Å²) in [6.07, 6.45) is 2.45. The van der Waals surface area contributed by atoms with E-state index in [1.165, 1.54) is 0 Å². The van der Waals surface area contributed by atoms with E-state index in [-0.39, 0.29) is 11.7 Å². The fourth-order valence-corrected chi connectivity index (χ4v) is 2.68. The van der Waals surface area contributed by atoms with E-state index < -0.39 is 5.92 Å². The van der Waals surface area contributed by atoms with Crippen LogP contribution in [0.3, 0.4) is 0 Å². The van der Waals surface area contributed by atoms with Gasteiger partial charge in [-0.1, -0.05) is 42.4 Å². The van der Waals surface area contributed by atoms with E-state index in [1.54, 1.807) is 11.8 Å². The van der Waals surface area contributed by atoms with Gasteiger partial charge in [-0.15, -0.1) is 0 Å². The maximum absolute atomic E-state index is 12.3. The van der Waals surface area contributed by atoms with Crippen molar-refractivity contribution in [1.29, 1.82) is 0 Å². The smallest absolute Gasteiger partial charge is 0.231 e. The highest BCUT2D eigenvalue weighted by Crippen LogP contribution is 2.10. The minimum atomic E-state index is -0.654. The topological polar surface area (TPSA) is 87.7 Å². The van der Waals surface area contributed by atoms with E-state index in [0.717, 1.165) is 11.3 Å². The van der Waals surface area contributed by atoms with Gasteiger partial charge in [-0.2, -0.15) is 11.8 Å². The van der Waals surface area contributed by atoms with E-state index in [0.29, 0.717) is 18.9 Å². The summed E-state index contributed by atoms with van der Waals surface area (Å²) in [5, 5.41) is 14.8. The molecule has 0 aliphatic rings. The molecule has 0 fully saturated rings. The van der Waals surface area contributed by atoms with E-state index in [9.17, 15) is 4.79 Å². The average molecular weight is 309 g/mol. The van der Waals surface area contributed by atoms with Crippen LogP contribution in [-0.2, 0) is 11.2 Å². The van der Waals surface area contributed by atoms with Gasteiger partial charge in [0.05, 0.1) is 0 Å². The van der Waals surface area contributed by atoms with Crippen LogP contribution >= 0.6 is 11.8 Å². The van der Waals surface area contributed by atoms with Crippen LogP contribution in [0.15, 0.2) is 35.5 Å². The third-order valence-corrected chi connectivity index (χ3v) is 4.05. The molecule has 1 aromatic rings. The lowest BCUT2D eigenvalue weighted by Crippen LogP contribution is -2.41. The first-order valence-electron chi connectivity index (χ1n) is 6.86. The Morgan fingerprint density at radius 3 is 2.67 bits per heavy atom. The van der Waals surface area contributed by atoms with Crippen molar-refractivity contribution in [1.82, 2.24) is 5.32 Å². The van der Waals surface area contributed by atoms with Crippen LogP contribution in [-0.4, -0.2) is 35.5 Å². The molecule has 0 aliphatic carbocycles. The molecule has 21 heavy (non-hydrogen) atoms. The summed E-state index contributed by atoms with van der Waals surface area (Å²) in [5.74, 6) is 0.441. The third-order valence-electron chi connectivity index (χ3n) is 3.15. The second-order valence-corrected chi connectivity index (χ2v) is 5.98. The molecule has 0 aliphatic heterocycles. The molecule has 1 rings (SSSR count). The first kappa shape index (κ1) is 17.4. The van der Waals surface area contributed by atoms with Gasteiger partial charge >= 0.3 is 0 Å². The normalized spacial score (nSPS) is 14.5. The Hall–Kier alpha value is -1.69. The second-order valence-electron chi connectivity index (χ2n) is 5.07. The van der Waals surface area contributed by atoms with Crippen molar-refractivity contribution in [2.24, 2.45) is 22.7 Å². The number of rotatable bonds is 8. The van der Waals surface area contributed by atoms with Crippen molar-refractivity contribution in [3.63, 3.8) is 0 Å². The zero-order chi connectivity index (χ0) is 15.7. The van der Waals surface area contributed by atoms with E-state index >= 15 is 0 Å². The number of nitrogens with zero attached hydrogens (tertiary/aromatic N) is 1. The minimum absolute atomic E-state index is 0.0612. The highest BCUT2D eigenvalue weighted by molar-refractivity contribution is 7.98. The van der Waals surface area contributed by atoms with Crippen molar-refractivity contribution >= 4 is 23.5 Å². The van der Waals surface area contributed by atoms with Crippen LogP contribution in [0.5, 0.6) is 0 Å². The van der Waals surface area contributed by atoms with Crippen LogP contribution in [0, 0.1) is 11.8 Å². The predicted octanol–water partition coefficient (Wildman–Crippen LogP) is 1.71. The first-order valence-corrected chi connectivity index (χ1v) is 8.25. The van der Waals surface area contributed by atoms with Crippen molar-refractivity contribution in [3.8, 4) is 0 Å². The molecule has 116 valence electrons. The van der Waals surface area contributed by atoms with Gasteiger partial charge in [-0.05, 0) is 29.9 Å². The number of thioether (sulfide) groups is 1. The zero-order valence-electron chi connectivity index (χ0n) is 12.5. The summed E-state index contributed by atoms with van der Waals surface area (Å²) in [7, 11) is 0. The molecule has 0 bridgehead atoms. The lowest BCUT2D eigenvalue weighted by Gasteiger charge is -2.17. The molecular formula is C15H23N3O2S. The maximum Gasteiger partial charge on any atom is 0.231 e. The third kappa shape index (κ3) is 6.08. The first-order chi connectivity index (χ1) is 10.1. The molecule has 2 unspecified atom stereocenters. The standard InChI is InChI=1S/C15H23N3O2S/c1-11(10-21-2)9-17-15(19)13(14(16)18-20)8-12-6-4-3-5-7-12/h3-7,11,13,20H,8-10H2,1-2H3,(H2,16,18)(H,17,19). The van der Waals surface area contributed by atoms with Crippen molar-refractivity contribution < 1.29 is 10.0 Å². The summed E-state index contributed by atoms with van der Waals surface area (Å²) in [4.78, 5) is 12.3. The fourth-order valence-electron chi connectivity index (χ4n) is 1.99. The van der Waals surface area contributed by atoms with Gasteiger partial charge in [0.1, 0.15) is 5.92 Å². The van der Waals surface area contributed by atoms with Gasteiger partial charge in [0.25, 0.3) is 0 Å². The largest absolute Gasteiger partial charge is 0.409 e. The Morgan fingerprint density at radius 2 is 2.10 bits per heavy atom. The van der Waals surface area contributed by atoms with Crippen LogP contribution in [0.2, 0.25) is 0 Å². The van der Waals surface area contributed by atoms with Crippen LogP contribution in [0.4, 0.5) is 0 Å². The van der Waals surface area contributed by atoms with Crippen molar-refractivity contribution in [3.05, 3.63) is 35.9 Å². The number of benzene rings is 1. The minimum Gasteiger partial charge on any atom is -0.409 e. The Bertz CT molecular complexity index is 465. The summed E-state index contributed by atoms with van der Waals surface area (Å²) in [6, 6.07) is 9.54. The van der Waals surface area contributed by atoms with Gasteiger partial charge in [0.15, 0.2) is 5.84 Å². The molecule has 0 spiro atoms. The number of carbonyl (C=O) groups is 1. The lowest BCUT2D eigenvalue weighted by atomic mass is 9.97. The molecule has 1 aromatic carbocycles. The zero-order valence-corrected chi connectivity index (χ0v) is 13.3. The van der Waals surface area contributed by atoms with Gasteiger partial charge in [-0.25, -0.2) is 0 Å². The number of nitrogens with one attached hydrogen (secondary N) is 1. The quantitative estimate of drug-likeness (QED) is 0.295. The molecule has 1 amide bonds. The molecule has 2 atom stereocenters. The van der Waals surface area contributed by atoms with Crippen LogP contribution in [0.25, 0.3) is 0 Å². The molecule has 0 saturated heterocycles. The summed E-state index contributed by atoms with van der Waals surface area (Å²) < 4.78 is 0. The average Bonchev–Trinajstić information content (AvgIpc) is 2.51. The number of carbonyl (C=O) groups excluding carboxylic acids is 1. The Labute approximate surface area is 130 Å². The summed E-state index contributed by atoms with van der Waals surface area (Å²) in [6.45, 7) is 2.66. The number of amidine groups is 1. The van der Waals surface area contributed by atoms with Gasteiger partial charge in [0, 0.05) is 6.54 Å². The Kier molecular flexibility index (Phi) is 7.68. The summed E-state index contributed by atoms with van der Waals surface area (Å²) in [5.41, 5.74) is 6.64. The molecule has 0 radical (unpaired) electrons. The number of oxime groups is 1. The molecule has 4 N–H and O–H groups in total. The summed E-state index contributed by atoms with van der Waals surface area (Å²) >= 11 is 1.74. The highest BCUT2D eigenvalue weighted by Gasteiger charge is 2.23. The Balaban J connectivity index is 2.67. The molecule has 0 aromatic heterocycles. The lowest BCUT2D eigenvalue weighted by molar-refractivity contribution is -0.123. The van der Waals surface area contributed by atoms with Crippen LogP contribution < -0.4 is 11.1 Å². The van der Waals surface area contributed by atoms with Crippen molar-refractivity contribution in [2.75, 3.05) is 18.6 Å². The van der Waals surface area contributed by atoms with Gasteiger partial charge < -0.3 is 16.3 Å². The number of hydrogen-bond donors (Lipinski definition) is 3. The van der Waals surface area contributed by atoms with Gasteiger partial charge in [-0.3, -0.25) is 4.79 Å². The molecule has 0 saturated carbocycles. The monoisotopic (exact) mass is 309 g/mol. The molecular weight excluding hydrogens is 286 g/mol. The molecule has 5 nitrogen and oxygen atoms in total. The SMILES string of the molecule is CSCC(C)CNC(=O)C(Cc1ccccc1)C(N)=NO. The molecule has 0 heterocycles. The fraction of sp³-hybridized carbons (Fsp3) is 0.467. The molecule has 6 heteroatoms. The van der Waals surface area contributed by atoms with E-state index in [2.05, 4.69) is 17.4 Å². The number of nitrogens with two attached hydrogens (primary N) is 1. The number of amides is 1. The van der Waals surface area contributed by atoms with Crippen LogP contribution in [0.1, 0.15) is 12.5 Å². The maximum atomic E-state index is 12.3. The van der Waals surface area contributed by atoms with E-state index in [4.69, 9.17) is 10.9 Å². The van der Waals surface area contributed by atoms with Gasteiger partial charge in [0.2, 0.25) is 5.91 Å². The highest BCUT2D eigenvalue weighted by atomic mass is 32.2.